The van der Waals surface area contributed by atoms with Gasteiger partial charge < -0.3 is 0 Å². The van der Waals surface area contributed by atoms with Crippen molar-refractivity contribution in [3.63, 3.8) is 0 Å². The van der Waals surface area contributed by atoms with Crippen LogP contribution in [0.15, 0.2) is 0 Å². The minimum Gasteiger partial charge on any atom is -0.272 e. The lowest BCUT2D eigenvalue weighted by Crippen LogP contribution is -2.56. The average molecular weight is 318 g/mol. The molecule has 13 heteroatoms. The number of hydrogen-bond acceptors (Lipinski definition) is 1. The van der Waals surface area contributed by atoms with E-state index in [9.17, 15) is 52.7 Å². The van der Waals surface area contributed by atoms with Gasteiger partial charge in [-0.05, 0) is 0 Å². The smallest absolute Gasteiger partial charge is 0.272 e. The molecule has 1 nitrogen and oxygen atoms in total. The van der Waals surface area contributed by atoms with Crippen LogP contribution in [0, 0.1) is 0 Å². The molecule has 0 saturated heterocycles. The molecule has 1 atom stereocenters. The van der Waals surface area contributed by atoms with Gasteiger partial charge in [-0.15, -0.1) is 0 Å². The predicted octanol–water partition coefficient (Wildman–Crippen LogP) is 3.99. The van der Waals surface area contributed by atoms with Gasteiger partial charge in [-0.25, -0.2) is 13.2 Å². The first-order valence-corrected chi connectivity index (χ1v) is 3.87. The lowest BCUT2D eigenvalue weighted by atomic mass is 10.2. The maximum atomic E-state index is 12.3. The molecule has 0 aromatic heterocycles. The van der Waals surface area contributed by atoms with Crippen molar-refractivity contribution in [1.82, 2.24) is 0 Å². The van der Waals surface area contributed by atoms with Crippen molar-refractivity contribution in [2.24, 2.45) is 0 Å². The lowest BCUT2D eigenvalue weighted by Gasteiger charge is -2.30. The van der Waals surface area contributed by atoms with Gasteiger partial charge in [0, 0.05) is 0 Å². The molecule has 0 saturated carbocycles. The molecule has 0 N–H and O–H groups in total. The van der Waals surface area contributed by atoms with Gasteiger partial charge in [0.25, 0.3) is 6.36 Å². The maximum Gasteiger partial charge on any atom is 0.483 e. The summed E-state index contributed by atoms with van der Waals surface area (Å²) in [7, 11) is 0. The van der Waals surface area contributed by atoms with Gasteiger partial charge in [-0.2, -0.15) is 39.5 Å². The van der Waals surface area contributed by atoms with Crippen molar-refractivity contribution in [2.45, 2.75) is 36.9 Å². The molecule has 0 rings (SSSR count). The van der Waals surface area contributed by atoms with Crippen LogP contribution in [0.3, 0.4) is 0 Å². The molecular weight excluding hydrogens is 316 g/mol. The van der Waals surface area contributed by atoms with Gasteiger partial charge >= 0.3 is 30.6 Å². The fourth-order valence-electron chi connectivity index (χ4n) is 0.568. The number of alkyl halides is 12. The van der Waals surface area contributed by atoms with Crippen LogP contribution in [-0.4, -0.2) is 36.9 Å². The van der Waals surface area contributed by atoms with Crippen LogP contribution in [0.2, 0.25) is 0 Å². The van der Waals surface area contributed by atoms with Crippen molar-refractivity contribution in [3.8, 4) is 0 Å². The quantitative estimate of drug-likeness (QED) is 0.697. The van der Waals surface area contributed by atoms with Gasteiger partial charge in [-0.1, -0.05) is 0 Å². The molecular formula is C6H2F12O. The summed E-state index contributed by atoms with van der Waals surface area (Å²) < 4.78 is 144. The van der Waals surface area contributed by atoms with Gasteiger partial charge in [0.15, 0.2) is 0 Å². The molecule has 0 bridgehead atoms. The van der Waals surface area contributed by atoms with E-state index >= 15 is 0 Å². The van der Waals surface area contributed by atoms with Gasteiger partial charge in [-0.3, -0.25) is 4.74 Å². The summed E-state index contributed by atoms with van der Waals surface area (Å²) in [6.07, 6.45) is -23.8. The van der Waals surface area contributed by atoms with Crippen LogP contribution in [0.1, 0.15) is 0 Å². The van der Waals surface area contributed by atoms with Crippen molar-refractivity contribution in [1.29, 1.82) is 0 Å². The summed E-state index contributed by atoms with van der Waals surface area (Å²) in [6, 6.07) is 0. The summed E-state index contributed by atoms with van der Waals surface area (Å²) in [5, 5.41) is 0. The van der Waals surface area contributed by atoms with E-state index in [-0.39, 0.29) is 0 Å². The zero-order chi connectivity index (χ0) is 15.9. The standard InChI is InChI=1S/C6H2F12O/c7-1(8)3(10,11)4(12,13)2(9)19-6(17,18)5(14,15)16/h1-2H. The Labute approximate surface area is 95.7 Å². The maximum absolute atomic E-state index is 12.3. The van der Waals surface area contributed by atoms with Crippen LogP contribution in [0.5, 0.6) is 0 Å². The molecule has 0 aromatic carbocycles. The Morgan fingerprint density at radius 1 is 0.632 bits per heavy atom. The van der Waals surface area contributed by atoms with Crippen LogP contribution >= 0.6 is 0 Å². The highest BCUT2D eigenvalue weighted by molar-refractivity contribution is 4.90. The molecule has 0 radical (unpaired) electrons. The molecule has 0 aliphatic rings. The molecule has 116 valence electrons. The van der Waals surface area contributed by atoms with E-state index in [1.165, 1.54) is 0 Å². The van der Waals surface area contributed by atoms with Gasteiger partial charge in [0.2, 0.25) is 0 Å². The Morgan fingerprint density at radius 3 is 1.26 bits per heavy atom. The molecule has 0 fully saturated rings. The third kappa shape index (κ3) is 3.36. The molecule has 0 amide bonds. The largest absolute Gasteiger partial charge is 0.483 e. The molecule has 0 heterocycles. The number of hydrogen-bond donors (Lipinski definition) is 0. The number of halogens is 12. The predicted molar refractivity (Wildman–Crippen MR) is 32.9 cm³/mol. The Kier molecular flexibility index (Phi) is 4.68. The molecule has 1 unspecified atom stereocenters. The first-order chi connectivity index (χ1) is 8.07. The fourth-order valence-corrected chi connectivity index (χ4v) is 0.568. The minimum absolute atomic E-state index is 1.82. The minimum atomic E-state index is -6.70. The summed E-state index contributed by atoms with van der Waals surface area (Å²) in [6.45, 7) is 0. The van der Waals surface area contributed by atoms with Crippen LogP contribution < -0.4 is 0 Å². The van der Waals surface area contributed by atoms with Crippen molar-refractivity contribution >= 4 is 0 Å². The van der Waals surface area contributed by atoms with E-state index in [1.807, 2.05) is 4.74 Å². The van der Waals surface area contributed by atoms with E-state index in [0.717, 1.165) is 0 Å². The second-order valence-corrected chi connectivity index (χ2v) is 3.00. The topological polar surface area (TPSA) is 9.23 Å². The Balaban J connectivity index is 5.18. The molecule has 0 spiro atoms. The SMILES string of the molecule is FC(F)C(F)(F)C(F)(F)C(F)OC(F)(F)C(F)(F)F. The van der Waals surface area contributed by atoms with Crippen LogP contribution in [-0.2, 0) is 4.74 Å². The molecule has 0 aliphatic heterocycles. The number of ether oxygens (including phenoxy) is 1. The normalized spacial score (nSPS) is 16.9. The summed E-state index contributed by atoms with van der Waals surface area (Å²) >= 11 is 0. The van der Waals surface area contributed by atoms with Crippen LogP contribution in [0.4, 0.5) is 52.7 Å². The Morgan fingerprint density at radius 2 is 1.00 bits per heavy atom. The van der Waals surface area contributed by atoms with E-state index < -0.39 is 36.9 Å². The highest BCUT2D eigenvalue weighted by atomic mass is 19.4. The van der Waals surface area contributed by atoms with Crippen LogP contribution in [0.25, 0.3) is 0 Å². The van der Waals surface area contributed by atoms with E-state index in [2.05, 4.69) is 0 Å². The Bertz CT molecular complexity index is 306. The number of rotatable bonds is 5. The van der Waals surface area contributed by atoms with Crippen molar-refractivity contribution in [3.05, 3.63) is 0 Å². The monoisotopic (exact) mass is 318 g/mol. The Hall–Kier alpha value is -0.880. The molecule has 19 heavy (non-hydrogen) atoms. The summed E-state index contributed by atoms with van der Waals surface area (Å²) in [5.41, 5.74) is 0. The molecule has 0 aliphatic carbocycles. The first kappa shape index (κ1) is 18.1. The summed E-state index contributed by atoms with van der Waals surface area (Å²) in [5.74, 6) is -13.1. The summed E-state index contributed by atoms with van der Waals surface area (Å²) in [4.78, 5) is 0. The third-order valence-corrected chi connectivity index (χ3v) is 1.59. The highest BCUT2D eigenvalue weighted by Crippen LogP contribution is 2.46. The first-order valence-electron chi connectivity index (χ1n) is 3.87. The van der Waals surface area contributed by atoms with Gasteiger partial charge in [0.1, 0.15) is 0 Å². The fraction of sp³-hybridized carbons (Fsp3) is 1.00. The molecule has 0 aromatic rings. The van der Waals surface area contributed by atoms with Crippen molar-refractivity contribution in [2.75, 3.05) is 0 Å². The van der Waals surface area contributed by atoms with E-state index in [0.29, 0.717) is 0 Å². The highest BCUT2D eigenvalue weighted by Gasteiger charge is 2.71. The zero-order valence-corrected chi connectivity index (χ0v) is 8.10. The second-order valence-electron chi connectivity index (χ2n) is 3.00. The van der Waals surface area contributed by atoms with E-state index in [1.54, 1.807) is 0 Å². The third-order valence-electron chi connectivity index (χ3n) is 1.59. The zero-order valence-electron chi connectivity index (χ0n) is 8.10. The second kappa shape index (κ2) is 4.90. The lowest BCUT2D eigenvalue weighted by molar-refractivity contribution is -0.442. The van der Waals surface area contributed by atoms with Gasteiger partial charge in [0.05, 0.1) is 0 Å². The van der Waals surface area contributed by atoms with Crippen molar-refractivity contribution < 1.29 is 57.4 Å². The van der Waals surface area contributed by atoms with E-state index in [4.69, 9.17) is 0 Å². The average Bonchev–Trinajstić information content (AvgIpc) is 2.14.